The summed E-state index contributed by atoms with van der Waals surface area (Å²) in [6.45, 7) is 23.5. The molecule has 0 fully saturated rings. The molecule has 0 rings (SSSR count). The van der Waals surface area contributed by atoms with Gasteiger partial charge in [0.05, 0.1) is 0 Å². The van der Waals surface area contributed by atoms with Gasteiger partial charge in [0.2, 0.25) is 0 Å². The van der Waals surface area contributed by atoms with Gasteiger partial charge in [-0.3, -0.25) is 0 Å². The minimum absolute atomic E-state index is 0.345. The molecule has 0 aromatic carbocycles. The second kappa shape index (κ2) is 5.99. The summed E-state index contributed by atoms with van der Waals surface area (Å²) < 4.78 is 0.691. The maximum atomic E-state index is 2.38. The highest BCUT2D eigenvalue weighted by molar-refractivity contribution is 8.77. The van der Waals surface area contributed by atoms with Gasteiger partial charge in [-0.05, 0) is 51.4 Å². The molecule has 18 heavy (non-hydrogen) atoms. The fourth-order valence-corrected chi connectivity index (χ4v) is 5.98. The van der Waals surface area contributed by atoms with Crippen molar-refractivity contribution in [2.24, 2.45) is 10.8 Å². The molecule has 0 radical (unpaired) electrons. The first-order valence-electron chi connectivity index (χ1n) is 6.99. The Kier molecular flexibility index (Phi) is 6.23. The zero-order valence-electron chi connectivity index (χ0n) is 14.2. The predicted octanol–water partition coefficient (Wildman–Crippen LogP) is 6.80. The molecule has 0 aromatic rings. The van der Waals surface area contributed by atoms with Crippen LogP contribution in [0, 0.1) is 10.8 Å². The number of hydrogen-bond acceptors (Lipinski definition) is 2. The predicted molar refractivity (Wildman–Crippen MR) is 91.5 cm³/mol. The lowest BCUT2D eigenvalue weighted by Gasteiger charge is -2.36. The van der Waals surface area contributed by atoms with E-state index in [4.69, 9.17) is 0 Å². The molecule has 0 N–H and O–H groups in total. The summed E-state index contributed by atoms with van der Waals surface area (Å²) in [5.41, 5.74) is 0.816. The smallest absolute Gasteiger partial charge is 0.0212 e. The first-order chi connectivity index (χ1) is 7.62. The summed E-state index contributed by atoms with van der Waals surface area (Å²) in [5.74, 6) is 0. The molecular weight excluding hydrogens is 256 g/mol. The van der Waals surface area contributed by atoms with Gasteiger partial charge in [0, 0.05) is 9.49 Å². The van der Waals surface area contributed by atoms with Crippen LogP contribution in [0.5, 0.6) is 0 Å². The van der Waals surface area contributed by atoms with E-state index < -0.39 is 0 Å². The standard InChI is InChI=1S/C16H34S2/c1-13(2,3)11-15(7,8)17-18-16(9,10)12-14(4,5)6/h11-12H2,1-10H3. The van der Waals surface area contributed by atoms with Crippen molar-refractivity contribution in [2.45, 2.75) is 91.6 Å². The first kappa shape index (κ1) is 18.7. The second-order valence-electron chi connectivity index (χ2n) is 9.16. The van der Waals surface area contributed by atoms with Gasteiger partial charge in [-0.15, -0.1) is 0 Å². The molecule has 0 aliphatic rings. The highest BCUT2D eigenvalue weighted by Crippen LogP contribution is 2.50. The van der Waals surface area contributed by atoms with E-state index in [1.807, 2.05) is 0 Å². The van der Waals surface area contributed by atoms with Gasteiger partial charge in [-0.1, -0.05) is 63.1 Å². The third kappa shape index (κ3) is 10.6. The molecule has 0 spiro atoms. The van der Waals surface area contributed by atoms with Crippen molar-refractivity contribution >= 4 is 21.6 Å². The van der Waals surface area contributed by atoms with Crippen LogP contribution >= 0.6 is 21.6 Å². The van der Waals surface area contributed by atoms with Gasteiger partial charge in [0.15, 0.2) is 0 Å². The molecule has 0 aromatic heterocycles. The summed E-state index contributed by atoms with van der Waals surface area (Å²) in [6, 6.07) is 0. The van der Waals surface area contributed by atoms with Crippen molar-refractivity contribution in [1.82, 2.24) is 0 Å². The van der Waals surface area contributed by atoms with Crippen LogP contribution in [-0.2, 0) is 0 Å². The third-order valence-corrected chi connectivity index (χ3v) is 6.64. The fourth-order valence-electron chi connectivity index (χ4n) is 2.84. The molecule has 0 atom stereocenters. The lowest BCUT2D eigenvalue weighted by Crippen LogP contribution is -2.26. The minimum atomic E-state index is 0.345. The quantitative estimate of drug-likeness (QED) is 0.511. The molecule has 0 heterocycles. The van der Waals surface area contributed by atoms with Crippen molar-refractivity contribution in [2.75, 3.05) is 0 Å². The van der Waals surface area contributed by atoms with Gasteiger partial charge >= 0.3 is 0 Å². The zero-order chi connectivity index (χ0) is 14.8. The molecule has 0 saturated heterocycles. The highest BCUT2D eigenvalue weighted by atomic mass is 33.1. The SMILES string of the molecule is CC(C)(C)CC(C)(C)SSC(C)(C)CC(C)(C)C. The van der Waals surface area contributed by atoms with Gasteiger partial charge < -0.3 is 0 Å². The molecule has 0 unspecified atom stereocenters. The van der Waals surface area contributed by atoms with Crippen LogP contribution < -0.4 is 0 Å². The van der Waals surface area contributed by atoms with Crippen LogP contribution in [-0.4, -0.2) is 9.49 Å². The zero-order valence-corrected chi connectivity index (χ0v) is 15.9. The Bertz CT molecular complexity index is 223. The van der Waals surface area contributed by atoms with Crippen LogP contribution in [0.1, 0.15) is 82.1 Å². The molecule has 0 nitrogen and oxygen atoms in total. The summed E-state index contributed by atoms with van der Waals surface area (Å²) in [6.07, 6.45) is 2.51. The van der Waals surface area contributed by atoms with Crippen LogP contribution in [0.3, 0.4) is 0 Å². The van der Waals surface area contributed by atoms with E-state index in [1.165, 1.54) is 12.8 Å². The number of rotatable bonds is 5. The average molecular weight is 291 g/mol. The van der Waals surface area contributed by atoms with Gasteiger partial charge in [-0.25, -0.2) is 0 Å². The van der Waals surface area contributed by atoms with E-state index in [0.717, 1.165) is 0 Å². The first-order valence-corrected chi connectivity index (χ1v) is 9.14. The largest absolute Gasteiger partial charge is 0.0873 e. The van der Waals surface area contributed by atoms with Crippen molar-refractivity contribution in [3.05, 3.63) is 0 Å². The highest BCUT2D eigenvalue weighted by Gasteiger charge is 2.31. The lowest BCUT2D eigenvalue weighted by atomic mass is 9.86. The Balaban J connectivity index is 4.38. The average Bonchev–Trinajstić information content (AvgIpc) is 1.91. The Morgan fingerprint density at radius 2 is 0.722 bits per heavy atom. The topological polar surface area (TPSA) is 0 Å². The Morgan fingerprint density at radius 3 is 0.889 bits per heavy atom. The van der Waals surface area contributed by atoms with Gasteiger partial charge in [-0.2, -0.15) is 0 Å². The van der Waals surface area contributed by atoms with Crippen molar-refractivity contribution in [3.8, 4) is 0 Å². The van der Waals surface area contributed by atoms with Crippen molar-refractivity contribution in [3.63, 3.8) is 0 Å². The van der Waals surface area contributed by atoms with Crippen LogP contribution in [0.25, 0.3) is 0 Å². The molecular formula is C16H34S2. The molecule has 110 valence electrons. The lowest BCUT2D eigenvalue weighted by molar-refractivity contribution is 0.337. The van der Waals surface area contributed by atoms with Crippen molar-refractivity contribution in [1.29, 1.82) is 0 Å². The molecule has 0 aliphatic carbocycles. The van der Waals surface area contributed by atoms with E-state index in [-0.39, 0.29) is 0 Å². The summed E-state index contributed by atoms with van der Waals surface area (Å²) >= 11 is 0. The Hall–Kier alpha value is 0.700. The van der Waals surface area contributed by atoms with Crippen LogP contribution in [0.2, 0.25) is 0 Å². The molecule has 2 heteroatoms. The second-order valence-corrected chi connectivity index (χ2v) is 12.7. The van der Waals surface area contributed by atoms with E-state index in [0.29, 0.717) is 20.3 Å². The van der Waals surface area contributed by atoms with E-state index in [1.54, 1.807) is 0 Å². The Labute approximate surface area is 124 Å². The third-order valence-electron chi connectivity index (χ3n) is 2.40. The van der Waals surface area contributed by atoms with Crippen LogP contribution in [0.4, 0.5) is 0 Å². The van der Waals surface area contributed by atoms with Gasteiger partial charge in [0.25, 0.3) is 0 Å². The maximum absolute atomic E-state index is 2.38. The molecule has 0 aliphatic heterocycles. The maximum Gasteiger partial charge on any atom is 0.0212 e. The fraction of sp³-hybridized carbons (Fsp3) is 1.00. The van der Waals surface area contributed by atoms with Crippen LogP contribution in [0.15, 0.2) is 0 Å². The monoisotopic (exact) mass is 290 g/mol. The molecule has 0 bridgehead atoms. The minimum Gasteiger partial charge on any atom is -0.0873 e. The normalized spacial score (nSPS) is 15.0. The summed E-state index contributed by atoms with van der Waals surface area (Å²) in [4.78, 5) is 0. The number of hydrogen-bond donors (Lipinski definition) is 0. The van der Waals surface area contributed by atoms with E-state index in [2.05, 4.69) is 90.8 Å². The molecule has 0 amide bonds. The van der Waals surface area contributed by atoms with E-state index in [9.17, 15) is 0 Å². The Morgan fingerprint density at radius 1 is 0.500 bits per heavy atom. The van der Waals surface area contributed by atoms with E-state index >= 15 is 0 Å². The molecule has 0 saturated carbocycles. The van der Waals surface area contributed by atoms with Gasteiger partial charge in [0.1, 0.15) is 0 Å². The van der Waals surface area contributed by atoms with Crippen molar-refractivity contribution < 1.29 is 0 Å². The summed E-state index contributed by atoms with van der Waals surface area (Å²) in [5, 5.41) is 0. The summed E-state index contributed by atoms with van der Waals surface area (Å²) in [7, 11) is 4.14.